The van der Waals surface area contributed by atoms with Gasteiger partial charge in [0, 0.05) is 30.9 Å². The van der Waals surface area contributed by atoms with E-state index in [-0.39, 0.29) is 23.0 Å². The van der Waals surface area contributed by atoms with Gasteiger partial charge in [-0.2, -0.15) is 4.31 Å². The predicted octanol–water partition coefficient (Wildman–Crippen LogP) is 1.45. The standard InChI is InChI=1S/C15H22N2O5S2/c18-13(16-8-2-1-5-14(19)20)11-12-6-7-15(23-12)24(21,22)17-9-3-4-10-17/h6-7H,1-5,8-11H2,(H,16,18)(H,19,20). The van der Waals surface area contributed by atoms with Gasteiger partial charge in [-0.15, -0.1) is 11.3 Å². The maximum atomic E-state index is 12.4. The van der Waals surface area contributed by atoms with Crippen molar-refractivity contribution in [1.29, 1.82) is 0 Å². The average Bonchev–Trinajstić information content (AvgIpc) is 3.18. The number of nitrogens with one attached hydrogen (secondary N) is 1. The molecular weight excluding hydrogens is 352 g/mol. The third-order valence-electron chi connectivity index (χ3n) is 3.77. The van der Waals surface area contributed by atoms with E-state index in [1.807, 2.05) is 0 Å². The molecule has 2 rings (SSSR count). The molecule has 1 aliphatic heterocycles. The topological polar surface area (TPSA) is 104 Å². The van der Waals surface area contributed by atoms with Crippen LogP contribution in [0.15, 0.2) is 16.3 Å². The molecule has 2 heterocycles. The Morgan fingerprint density at radius 2 is 1.92 bits per heavy atom. The quantitative estimate of drug-likeness (QED) is 0.637. The van der Waals surface area contributed by atoms with E-state index in [9.17, 15) is 18.0 Å². The van der Waals surface area contributed by atoms with E-state index in [4.69, 9.17) is 5.11 Å². The van der Waals surface area contributed by atoms with Crippen molar-refractivity contribution in [3.63, 3.8) is 0 Å². The number of unbranched alkanes of at least 4 members (excludes halogenated alkanes) is 1. The van der Waals surface area contributed by atoms with E-state index in [1.54, 1.807) is 12.1 Å². The van der Waals surface area contributed by atoms with Crippen molar-refractivity contribution < 1.29 is 23.1 Å². The van der Waals surface area contributed by atoms with Crippen molar-refractivity contribution in [3.8, 4) is 0 Å². The molecule has 0 unspecified atom stereocenters. The largest absolute Gasteiger partial charge is 0.481 e. The van der Waals surface area contributed by atoms with Crippen LogP contribution in [-0.2, 0) is 26.0 Å². The molecule has 0 spiro atoms. The zero-order valence-electron chi connectivity index (χ0n) is 13.4. The van der Waals surface area contributed by atoms with Gasteiger partial charge in [0.1, 0.15) is 4.21 Å². The number of hydrogen-bond acceptors (Lipinski definition) is 5. The van der Waals surface area contributed by atoms with Crippen molar-refractivity contribution in [2.45, 2.75) is 42.7 Å². The van der Waals surface area contributed by atoms with E-state index >= 15 is 0 Å². The summed E-state index contributed by atoms with van der Waals surface area (Å²) in [5.74, 6) is -1.02. The second-order valence-electron chi connectivity index (χ2n) is 5.71. The summed E-state index contributed by atoms with van der Waals surface area (Å²) in [4.78, 5) is 22.9. The Labute approximate surface area is 145 Å². The van der Waals surface area contributed by atoms with E-state index < -0.39 is 16.0 Å². The Morgan fingerprint density at radius 3 is 2.58 bits per heavy atom. The van der Waals surface area contributed by atoms with Crippen LogP contribution < -0.4 is 5.32 Å². The Morgan fingerprint density at radius 1 is 1.21 bits per heavy atom. The maximum absolute atomic E-state index is 12.4. The van der Waals surface area contributed by atoms with Gasteiger partial charge in [0.2, 0.25) is 5.91 Å². The van der Waals surface area contributed by atoms with Crippen molar-refractivity contribution in [2.75, 3.05) is 19.6 Å². The molecule has 1 aromatic heterocycles. The number of hydrogen-bond donors (Lipinski definition) is 2. The average molecular weight is 374 g/mol. The highest BCUT2D eigenvalue weighted by Crippen LogP contribution is 2.27. The molecular formula is C15H22N2O5S2. The van der Waals surface area contributed by atoms with Crippen LogP contribution in [0.3, 0.4) is 0 Å². The number of carbonyl (C=O) groups is 2. The fourth-order valence-corrected chi connectivity index (χ4v) is 5.52. The molecule has 24 heavy (non-hydrogen) atoms. The van der Waals surface area contributed by atoms with Crippen LogP contribution in [0.4, 0.5) is 0 Å². The number of carboxylic acids is 1. The zero-order chi connectivity index (χ0) is 17.6. The molecule has 0 atom stereocenters. The minimum atomic E-state index is -3.42. The lowest BCUT2D eigenvalue weighted by Gasteiger charge is -2.13. The van der Waals surface area contributed by atoms with Gasteiger partial charge < -0.3 is 10.4 Å². The molecule has 134 valence electrons. The van der Waals surface area contributed by atoms with Crippen LogP contribution in [0, 0.1) is 0 Å². The summed E-state index contributed by atoms with van der Waals surface area (Å²) in [7, 11) is -3.42. The zero-order valence-corrected chi connectivity index (χ0v) is 15.0. The number of aliphatic carboxylic acids is 1. The number of amides is 1. The lowest BCUT2D eigenvalue weighted by molar-refractivity contribution is -0.137. The van der Waals surface area contributed by atoms with E-state index in [0.717, 1.165) is 24.2 Å². The van der Waals surface area contributed by atoms with Crippen LogP contribution in [0.2, 0.25) is 0 Å². The number of carbonyl (C=O) groups excluding carboxylic acids is 1. The van der Waals surface area contributed by atoms with Crippen LogP contribution in [-0.4, -0.2) is 49.3 Å². The fraction of sp³-hybridized carbons (Fsp3) is 0.600. The molecule has 0 aliphatic carbocycles. The third-order valence-corrected chi connectivity index (χ3v) is 7.22. The van der Waals surface area contributed by atoms with Gasteiger partial charge in [0.15, 0.2) is 0 Å². The maximum Gasteiger partial charge on any atom is 0.303 e. The Hall–Kier alpha value is -1.45. The fourth-order valence-electron chi connectivity index (χ4n) is 2.50. The SMILES string of the molecule is O=C(O)CCCCNC(=O)Cc1ccc(S(=O)(=O)N2CCCC2)s1. The van der Waals surface area contributed by atoms with Gasteiger partial charge >= 0.3 is 5.97 Å². The molecule has 1 aliphatic rings. The second kappa shape index (κ2) is 8.59. The summed E-state index contributed by atoms with van der Waals surface area (Å²) in [5.41, 5.74) is 0. The van der Waals surface area contributed by atoms with E-state index in [0.29, 0.717) is 37.4 Å². The first kappa shape index (κ1) is 18.9. The molecule has 1 amide bonds. The minimum Gasteiger partial charge on any atom is -0.481 e. The smallest absolute Gasteiger partial charge is 0.303 e. The van der Waals surface area contributed by atoms with E-state index in [1.165, 1.54) is 4.31 Å². The summed E-state index contributed by atoms with van der Waals surface area (Å²) in [5, 5.41) is 11.2. The number of sulfonamides is 1. The minimum absolute atomic E-state index is 0.0957. The number of nitrogens with zero attached hydrogens (tertiary/aromatic N) is 1. The molecule has 1 aromatic rings. The summed E-state index contributed by atoms with van der Waals surface area (Å²) < 4.78 is 26.6. The summed E-state index contributed by atoms with van der Waals surface area (Å²) in [6, 6.07) is 3.24. The monoisotopic (exact) mass is 374 g/mol. The first-order valence-corrected chi connectivity index (χ1v) is 10.2. The highest BCUT2D eigenvalue weighted by atomic mass is 32.2. The lowest BCUT2D eigenvalue weighted by atomic mass is 10.2. The first-order chi connectivity index (χ1) is 11.4. The summed E-state index contributed by atoms with van der Waals surface area (Å²) >= 11 is 1.13. The number of thiophene rings is 1. The van der Waals surface area contributed by atoms with Gasteiger partial charge in [-0.3, -0.25) is 9.59 Å². The summed E-state index contributed by atoms with van der Waals surface area (Å²) in [6.07, 6.45) is 3.14. The second-order valence-corrected chi connectivity index (χ2v) is 9.04. The highest BCUT2D eigenvalue weighted by Gasteiger charge is 2.28. The Balaban J connectivity index is 1.80. The summed E-state index contributed by atoms with van der Waals surface area (Å²) in [6.45, 7) is 1.55. The van der Waals surface area contributed by atoms with Gasteiger partial charge in [-0.25, -0.2) is 8.42 Å². The number of rotatable bonds is 9. The van der Waals surface area contributed by atoms with Gasteiger partial charge in [-0.1, -0.05) is 0 Å². The molecule has 0 bridgehead atoms. The van der Waals surface area contributed by atoms with E-state index in [2.05, 4.69) is 5.32 Å². The van der Waals surface area contributed by atoms with Crippen LogP contribution >= 0.6 is 11.3 Å². The molecule has 0 radical (unpaired) electrons. The molecule has 0 saturated carbocycles. The first-order valence-electron chi connectivity index (χ1n) is 7.97. The molecule has 7 nitrogen and oxygen atoms in total. The normalized spacial score (nSPS) is 15.5. The third kappa shape index (κ3) is 5.29. The highest BCUT2D eigenvalue weighted by molar-refractivity contribution is 7.91. The van der Waals surface area contributed by atoms with Crippen molar-refractivity contribution in [2.24, 2.45) is 0 Å². The van der Waals surface area contributed by atoms with Crippen LogP contribution in [0.1, 0.15) is 37.0 Å². The van der Waals surface area contributed by atoms with Crippen LogP contribution in [0.5, 0.6) is 0 Å². The Kier molecular flexibility index (Phi) is 6.76. The van der Waals surface area contributed by atoms with Crippen LogP contribution in [0.25, 0.3) is 0 Å². The van der Waals surface area contributed by atoms with Crippen molar-refractivity contribution in [1.82, 2.24) is 9.62 Å². The lowest BCUT2D eigenvalue weighted by Crippen LogP contribution is -2.27. The number of carboxylic acid groups (broad SMARTS) is 1. The van der Waals surface area contributed by atoms with Crippen molar-refractivity contribution in [3.05, 3.63) is 17.0 Å². The van der Waals surface area contributed by atoms with Gasteiger partial charge in [0.05, 0.1) is 6.42 Å². The molecule has 9 heteroatoms. The molecule has 1 saturated heterocycles. The predicted molar refractivity (Wildman–Crippen MR) is 90.5 cm³/mol. The van der Waals surface area contributed by atoms with Gasteiger partial charge in [0.25, 0.3) is 10.0 Å². The Bertz CT molecular complexity index is 678. The van der Waals surface area contributed by atoms with Crippen molar-refractivity contribution >= 4 is 33.2 Å². The molecule has 1 fully saturated rings. The molecule has 0 aromatic carbocycles. The molecule has 2 N–H and O–H groups in total. The van der Waals surface area contributed by atoms with Gasteiger partial charge in [-0.05, 0) is 37.8 Å².